The van der Waals surface area contributed by atoms with E-state index < -0.39 is 11.5 Å². The molecule has 0 unspecified atom stereocenters. The van der Waals surface area contributed by atoms with Gasteiger partial charge in [-0.3, -0.25) is 14.5 Å². The van der Waals surface area contributed by atoms with Gasteiger partial charge < -0.3 is 18.9 Å². The molecule has 0 radical (unpaired) electrons. The predicted octanol–water partition coefficient (Wildman–Crippen LogP) is 5.33. The van der Waals surface area contributed by atoms with Gasteiger partial charge >= 0.3 is 5.97 Å². The van der Waals surface area contributed by atoms with E-state index in [0.717, 1.165) is 27.4 Å². The Balaban J connectivity index is 1.38. The van der Waals surface area contributed by atoms with Crippen molar-refractivity contribution in [3.05, 3.63) is 76.9 Å². The first-order valence-corrected chi connectivity index (χ1v) is 14.7. The number of carbonyl (C=O) groups is 3. The van der Waals surface area contributed by atoms with Crippen LogP contribution in [0, 0.1) is 6.92 Å². The van der Waals surface area contributed by atoms with E-state index in [1.807, 2.05) is 60.4 Å². The van der Waals surface area contributed by atoms with Crippen molar-refractivity contribution in [1.82, 2.24) is 9.47 Å². The number of morpholine rings is 1. The number of benzene rings is 3. The van der Waals surface area contributed by atoms with Crippen LogP contribution in [0.3, 0.4) is 0 Å². The van der Waals surface area contributed by atoms with Crippen molar-refractivity contribution < 1.29 is 28.7 Å². The number of rotatable bonds is 6. The van der Waals surface area contributed by atoms with Gasteiger partial charge in [-0.15, -0.1) is 0 Å². The standard InChI is InChI=1S/C34H35N3O6/c1-5-37-27-12-10-22(30(38)23-9-7-6-8-21(23)2)20-25(27)29-28(37)13-11-24-31(39)26(14-17-42-32(24)29)35-43-33(40)34(3,4)36-15-18-41-19-16-36/h6-13,20H,5,14-19H2,1-4H3/b35-26+. The molecule has 0 amide bonds. The summed E-state index contributed by atoms with van der Waals surface area (Å²) in [6.45, 7) is 10.7. The smallest absolute Gasteiger partial charge is 0.354 e. The third-order valence-electron chi connectivity index (χ3n) is 8.58. The minimum Gasteiger partial charge on any atom is -0.492 e. The van der Waals surface area contributed by atoms with Gasteiger partial charge in [0.2, 0.25) is 5.78 Å². The zero-order valence-corrected chi connectivity index (χ0v) is 24.9. The highest BCUT2D eigenvalue weighted by molar-refractivity contribution is 6.47. The highest BCUT2D eigenvalue weighted by Crippen LogP contribution is 2.40. The lowest BCUT2D eigenvalue weighted by Crippen LogP contribution is -2.54. The third kappa shape index (κ3) is 5.02. The predicted molar refractivity (Wildman–Crippen MR) is 164 cm³/mol. The molecule has 1 fully saturated rings. The summed E-state index contributed by atoms with van der Waals surface area (Å²) in [6.07, 6.45) is 0.184. The minimum atomic E-state index is -0.919. The average molecular weight is 582 g/mol. The molecule has 222 valence electrons. The number of oxime groups is 1. The zero-order valence-electron chi connectivity index (χ0n) is 24.9. The maximum atomic E-state index is 13.8. The normalized spacial score (nSPS) is 17.1. The van der Waals surface area contributed by atoms with Crippen LogP contribution in [0.1, 0.15) is 59.0 Å². The molecule has 3 heterocycles. The number of Topliss-reactive ketones (excluding diaryl/α,β-unsaturated/α-hetero) is 1. The molecule has 0 aliphatic carbocycles. The van der Waals surface area contributed by atoms with E-state index in [4.69, 9.17) is 14.3 Å². The molecule has 0 spiro atoms. The molecule has 4 aromatic rings. The number of hydrogen-bond donors (Lipinski definition) is 0. The van der Waals surface area contributed by atoms with Crippen LogP contribution in [0.5, 0.6) is 5.75 Å². The van der Waals surface area contributed by atoms with Crippen LogP contribution >= 0.6 is 0 Å². The van der Waals surface area contributed by atoms with Gasteiger partial charge in [-0.25, -0.2) is 4.79 Å². The number of fused-ring (bicyclic) bond motifs is 5. The van der Waals surface area contributed by atoms with Crippen molar-refractivity contribution in [2.75, 3.05) is 32.9 Å². The second kappa shape index (κ2) is 11.4. The Kier molecular flexibility index (Phi) is 7.62. The molecule has 0 N–H and O–H groups in total. The first-order valence-electron chi connectivity index (χ1n) is 14.7. The molecule has 2 aliphatic rings. The Morgan fingerprint density at radius 1 is 1.00 bits per heavy atom. The molecule has 43 heavy (non-hydrogen) atoms. The molecule has 1 aromatic heterocycles. The van der Waals surface area contributed by atoms with Crippen molar-refractivity contribution in [3.63, 3.8) is 0 Å². The van der Waals surface area contributed by atoms with Gasteiger partial charge in [0.05, 0.1) is 36.3 Å². The quantitative estimate of drug-likeness (QED) is 0.172. The van der Waals surface area contributed by atoms with Gasteiger partial charge in [0.25, 0.3) is 0 Å². The fraction of sp³-hybridized carbons (Fsp3) is 0.353. The summed E-state index contributed by atoms with van der Waals surface area (Å²) in [4.78, 5) is 47.6. The topological polar surface area (TPSA) is 99.4 Å². The van der Waals surface area contributed by atoms with Crippen LogP contribution in [0.4, 0.5) is 0 Å². The summed E-state index contributed by atoms with van der Waals surface area (Å²) in [5.74, 6) is -0.499. The van der Waals surface area contributed by atoms with Crippen LogP contribution in [0.25, 0.3) is 21.8 Å². The Bertz CT molecular complexity index is 1790. The maximum Gasteiger partial charge on any atom is 0.354 e. The summed E-state index contributed by atoms with van der Waals surface area (Å²) >= 11 is 0. The lowest BCUT2D eigenvalue weighted by Gasteiger charge is -2.37. The maximum absolute atomic E-state index is 13.8. The van der Waals surface area contributed by atoms with E-state index >= 15 is 0 Å². The average Bonchev–Trinajstić information content (AvgIpc) is 3.26. The lowest BCUT2D eigenvalue weighted by molar-refractivity contribution is -0.159. The van der Waals surface area contributed by atoms with Gasteiger partial charge in [0.1, 0.15) is 17.0 Å². The second-order valence-corrected chi connectivity index (χ2v) is 11.5. The SMILES string of the molecule is CCn1c2ccc(C(=O)c3ccccc3C)cc2c2c3c(ccc21)C(=O)/C(=N/OC(=O)C(C)(C)N1CCOCC1)CCO3. The van der Waals surface area contributed by atoms with Crippen LogP contribution in [-0.2, 0) is 20.9 Å². The molecular weight excluding hydrogens is 546 g/mol. The first-order chi connectivity index (χ1) is 20.7. The van der Waals surface area contributed by atoms with E-state index in [9.17, 15) is 14.4 Å². The first kappa shape index (κ1) is 28.8. The molecular formula is C34H35N3O6. The summed E-state index contributed by atoms with van der Waals surface area (Å²) < 4.78 is 13.8. The second-order valence-electron chi connectivity index (χ2n) is 11.5. The number of ketones is 2. The van der Waals surface area contributed by atoms with E-state index in [1.165, 1.54) is 0 Å². The highest BCUT2D eigenvalue weighted by Gasteiger charge is 2.38. The molecule has 1 saturated heterocycles. The Morgan fingerprint density at radius 2 is 1.74 bits per heavy atom. The van der Waals surface area contributed by atoms with Crippen molar-refractivity contribution in [2.45, 2.75) is 46.2 Å². The van der Waals surface area contributed by atoms with Crippen LogP contribution in [-0.4, -0.2) is 71.2 Å². The molecule has 9 heteroatoms. The molecule has 0 bridgehead atoms. The number of ether oxygens (including phenoxy) is 2. The fourth-order valence-electron chi connectivity index (χ4n) is 6.02. The number of aryl methyl sites for hydroxylation is 2. The summed E-state index contributed by atoms with van der Waals surface area (Å²) in [7, 11) is 0. The van der Waals surface area contributed by atoms with Crippen molar-refractivity contribution in [1.29, 1.82) is 0 Å². The Labute approximate surface area is 250 Å². The van der Waals surface area contributed by atoms with Gasteiger partial charge in [0, 0.05) is 48.1 Å². The zero-order chi connectivity index (χ0) is 30.3. The van der Waals surface area contributed by atoms with Crippen molar-refractivity contribution >= 4 is 45.1 Å². The number of aromatic nitrogens is 1. The van der Waals surface area contributed by atoms with Crippen LogP contribution in [0.2, 0.25) is 0 Å². The fourth-order valence-corrected chi connectivity index (χ4v) is 6.02. The summed E-state index contributed by atoms with van der Waals surface area (Å²) in [5, 5.41) is 5.66. The summed E-state index contributed by atoms with van der Waals surface area (Å²) in [6, 6.07) is 16.9. The lowest BCUT2D eigenvalue weighted by atomic mass is 9.97. The highest BCUT2D eigenvalue weighted by atomic mass is 16.7. The Hall–Kier alpha value is -4.34. The van der Waals surface area contributed by atoms with E-state index in [2.05, 4.69) is 16.6 Å². The van der Waals surface area contributed by atoms with Gasteiger partial charge in [-0.1, -0.05) is 29.4 Å². The van der Waals surface area contributed by atoms with Crippen molar-refractivity contribution in [3.8, 4) is 5.75 Å². The van der Waals surface area contributed by atoms with E-state index in [0.29, 0.717) is 55.3 Å². The van der Waals surface area contributed by atoms with Crippen LogP contribution in [0.15, 0.2) is 59.8 Å². The minimum absolute atomic E-state index is 0.0624. The number of nitrogens with zero attached hydrogens (tertiary/aromatic N) is 3. The third-order valence-corrected chi connectivity index (χ3v) is 8.58. The van der Waals surface area contributed by atoms with Crippen molar-refractivity contribution in [2.24, 2.45) is 5.16 Å². The van der Waals surface area contributed by atoms with Gasteiger partial charge in [-0.2, -0.15) is 0 Å². The number of hydrogen-bond acceptors (Lipinski definition) is 8. The molecule has 3 aromatic carbocycles. The molecule has 6 rings (SSSR count). The van der Waals surface area contributed by atoms with Crippen LogP contribution < -0.4 is 4.74 Å². The molecule has 2 aliphatic heterocycles. The monoisotopic (exact) mass is 581 g/mol. The largest absolute Gasteiger partial charge is 0.492 e. The van der Waals surface area contributed by atoms with E-state index in [-0.39, 0.29) is 30.3 Å². The van der Waals surface area contributed by atoms with E-state index in [1.54, 1.807) is 19.9 Å². The molecule has 0 atom stereocenters. The van der Waals surface area contributed by atoms with Gasteiger partial charge in [-0.05, 0) is 63.6 Å². The summed E-state index contributed by atoms with van der Waals surface area (Å²) in [5.41, 5.74) is 3.52. The van der Waals surface area contributed by atoms with Gasteiger partial charge in [0.15, 0.2) is 5.78 Å². The molecule has 9 nitrogen and oxygen atoms in total. The number of carbonyl (C=O) groups excluding carboxylic acids is 3. The molecule has 0 saturated carbocycles. The Morgan fingerprint density at radius 3 is 2.49 bits per heavy atom.